The molecule has 0 aromatic heterocycles. The maximum atomic E-state index is 12.9. The summed E-state index contributed by atoms with van der Waals surface area (Å²) in [5.74, 6) is -1.61. The van der Waals surface area contributed by atoms with Crippen LogP contribution < -0.4 is 15.5 Å². The van der Waals surface area contributed by atoms with Gasteiger partial charge in [-0.2, -0.15) is 0 Å². The minimum atomic E-state index is -0.662. The number of nitrogens with one attached hydrogen (secondary N) is 2. The Morgan fingerprint density at radius 2 is 1.56 bits per heavy atom. The standard InChI is InChI=1S/C23H14BrCl2N3O3/c24-14-7-9-16(10-8-14)28-21(30)13-3-1-5-17(11-13)27-20-19(26)22(31)29(23(20)32)18-6-2-4-15(25)12-18/h1-12,27H,(H,28,30). The maximum Gasteiger partial charge on any atom is 0.283 e. The van der Waals surface area contributed by atoms with E-state index in [4.69, 9.17) is 23.2 Å². The molecule has 1 aliphatic rings. The van der Waals surface area contributed by atoms with E-state index in [2.05, 4.69) is 26.6 Å². The van der Waals surface area contributed by atoms with Crippen LogP contribution in [0.1, 0.15) is 10.4 Å². The summed E-state index contributed by atoms with van der Waals surface area (Å²) in [5.41, 5.74) is 1.65. The molecular weight excluding hydrogens is 517 g/mol. The number of benzene rings is 3. The third-order valence-corrected chi connectivity index (χ3v) is 5.70. The van der Waals surface area contributed by atoms with Gasteiger partial charge in [-0.1, -0.05) is 51.3 Å². The average molecular weight is 531 g/mol. The van der Waals surface area contributed by atoms with Gasteiger partial charge in [0.25, 0.3) is 17.7 Å². The summed E-state index contributed by atoms with van der Waals surface area (Å²) >= 11 is 15.5. The zero-order valence-electron chi connectivity index (χ0n) is 16.2. The van der Waals surface area contributed by atoms with Crippen LogP contribution in [0.2, 0.25) is 5.02 Å². The summed E-state index contributed by atoms with van der Waals surface area (Å²) in [6.45, 7) is 0. The van der Waals surface area contributed by atoms with E-state index in [0.29, 0.717) is 27.6 Å². The molecule has 3 aromatic rings. The van der Waals surface area contributed by atoms with Crippen LogP contribution in [0.15, 0.2) is 88.0 Å². The molecule has 6 nitrogen and oxygen atoms in total. The molecule has 9 heteroatoms. The molecule has 4 rings (SSSR count). The fourth-order valence-electron chi connectivity index (χ4n) is 3.08. The molecule has 0 saturated heterocycles. The molecule has 0 saturated carbocycles. The molecule has 32 heavy (non-hydrogen) atoms. The van der Waals surface area contributed by atoms with Gasteiger partial charge in [-0.15, -0.1) is 0 Å². The molecule has 0 spiro atoms. The number of rotatable bonds is 5. The van der Waals surface area contributed by atoms with Gasteiger partial charge in [-0.3, -0.25) is 14.4 Å². The van der Waals surface area contributed by atoms with Gasteiger partial charge >= 0.3 is 0 Å². The van der Waals surface area contributed by atoms with E-state index in [1.165, 1.54) is 6.07 Å². The Hall–Kier alpha value is -3.13. The fraction of sp³-hybridized carbons (Fsp3) is 0. The molecule has 3 aromatic carbocycles. The van der Waals surface area contributed by atoms with Crippen LogP contribution in [0.5, 0.6) is 0 Å². The van der Waals surface area contributed by atoms with Gasteiger partial charge < -0.3 is 10.6 Å². The Morgan fingerprint density at radius 1 is 0.844 bits per heavy atom. The van der Waals surface area contributed by atoms with Crippen molar-refractivity contribution in [2.75, 3.05) is 15.5 Å². The van der Waals surface area contributed by atoms with Gasteiger partial charge in [0.15, 0.2) is 0 Å². The van der Waals surface area contributed by atoms with Crippen molar-refractivity contribution in [1.82, 2.24) is 0 Å². The zero-order chi connectivity index (χ0) is 22.8. The number of hydrogen-bond donors (Lipinski definition) is 2. The first kappa shape index (κ1) is 22.1. The Labute approximate surface area is 201 Å². The van der Waals surface area contributed by atoms with Gasteiger partial charge in [0.2, 0.25) is 0 Å². The first-order chi connectivity index (χ1) is 15.3. The third kappa shape index (κ3) is 4.55. The first-order valence-electron chi connectivity index (χ1n) is 9.31. The van der Waals surface area contributed by atoms with Gasteiger partial charge in [0, 0.05) is 26.4 Å². The lowest BCUT2D eigenvalue weighted by atomic mass is 10.1. The van der Waals surface area contributed by atoms with E-state index >= 15 is 0 Å². The van der Waals surface area contributed by atoms with E-state index in [0.717, 1.165) is 9.37 Å². The van der Waals surface area contributed by atoms with Gasteiger partial charge in [-0.25, -0.2) is 4.90 Å². The third-order valence-electron chi connectivity index (χ3n) is 4.59. The van der Waals surface area contributed by atoms with Crippen LogP contribution in [0, 0.1) is 0 Å². The van der Waals surface area contributed by atoms with Crippen molar-refractivity contribution in [3.05, 3.63) is 98.6 Å². The lowest BCUT2D eigenvalue weighted by Gasteiger charge is -2.15. The van der Waals surface area contributed by atoms with Crippen LogP contribution in [0.3, 0.4) is 0 Å². The molecule has 0 aliphatic carbocycles. The summed E-state index contributed by atoms with van der Waals surface area (Å²) in [4.78, 5) is 39.1. The lowest BCUT2D eigenvalue weighted by Crippen LogP contribution is -2.32. The molecule has 160 valence electrons. The normalized spacial score (nSPS) is 13.5. The first-order valence-corrected chi connectivity index (χ1v) is 10.9. The van der Waals surface area contributed by atoms with Crippen LogP contribution in [0.4, 0.5) is 17.1 Å². The Kier molecular flexibility index (Phi) is 6.32. The summed E-state index contributed by atoms with van der Waals surface area (Å²) < 4.78 is 0.898. The molecule has 0 radical (unpaired) electrons. The van der Waals surface area contributed by atoms with E-state index < -0.39 is 11.8 Å². The molecule has 1 heterocycles. The summed E-state index contributed by atoms with van der Waals surface area (Å²) in [7, 11) is 0. The van der Waals surface area contributed by atoms with Gasteiger partial charge in [0.05, 0.1) is 5.69 Å². The Morgan fingerprint density at radius 3 is 2.28 bits per heavy atom. The van der Waals surface area contributed by atoms with E-state index in [-0.39, 0.29) is 16.6 Å². The second kappa shape index (κ2) is 9.16. The molecular formula is C23H14BrCl2N3O3. The predicted octanol–water partition coefficient (Wildman–Crippen LogP) is 5.79. The molecule has 0 bridgehead atoms. The number of hydrogen-bond acceptors (Lipinski definition) is 4. The highest BCUT2D eigenvalue weighted by atomic mass is 79.9. The molecule has 3 amide bonds. The van der Waals surface area contributed by atoms with E-state index in [1.54, 1.807) is 54.6 Å². The van der Waals surface area contributed by atoms with E-state index in [9.17, 15) is 14.4 Å². The smallest absolute Gasteiger partial charge is 0.283 e. The molecule has 2 N–H and O–H groups in total. The SMILES string of the molecule is O=C(Nc1ccc(Br)cc1)c1cccc(NC2=C(Cl)C(=O)N(c3cccc(Cl)c3)C2=O)c1. The number of halogens is 3. The van der Waals surface area contributed by atoms with Crippen LogP contribution in [0.25, 0.3) is 0 Å². The largest absolute Gasteiger partial charge is 0.350 e. The highest BCUT2D eigenvalue weighted by Crippen LogP contribution is 2.31. The number of carbonyl (C=O) groups is 3. The number of amides is 3. The summed E-state index contributed by atoms with van der Waals surface area (Å²) in [6, 6.07) is 20.0. The molecule has 1 aliphatic heterocycles. The van der Waals surface area contributed by atoms with Crippen molar-refractivity contribution in [3.8, 4) is 0 Å². The Balaban J connectivity index is 1.54. The highest BCUT2D eigenvalue weighted by Gasteiger charge is 2.39. The van der Waals surface area contributed by atoms with Crippen molar-refractivity contribution >= 4 is 73.9 Å². The average Bonchev–Trinajstić information content (AvgIpc) is 2.98. The minimum absolute atomic E-state index is 0.0814. The van der Waals surface area contributed by atoms with E-state index in [1.807, 2.05) is 12.1 Å². The van der Waals surface area contributed by atoms with Crippen molar-refractivity contribution < 1.29 is 14.4 Å². The van der Waals surface area contributed by atoms with Crippen molar-refractivity contribution in [2.24, 2.45) is 0 Å². The second-order valence-electron chi connectivity index (χ2n) is 6.78. The van der Waals surface area contributed by atoms with Crippen molar-refractivity contribution in [2.45, 2.75) is 0 Å². The van der Waals surface area contributed by atoms with Crippen molar-refractivity contribution in [1.29, 1.82) is 0 Å². The highest BCUT2D eigenvalue weighted by molar-refractivity contribution is 9.10. The number of anilines is 3. The van der Waals surface area contributed by atoms with Crippen LogP contribution >= 0.6 is 39.1 Å². The lowest BCUT2D eigenvalue weighted by molar-refractivity contribution is -0.120. The fourth-order valence-corrected chi connectivity index (χ4v) is 3.74. The van der Waals surface area contributed by atoms with Gasteiger partial charge in [-0.05, 0) is 60.7 Å². The monoisotopic (exact) mass is 529 g/mol. The minimum Gasteiger partial charge on any atom is -0.350 e. The number of nitrogens with zero attached hydrogens (tertiary/aromatic N) is 1. The summed E-state index contributed by atoms with van der Waals surface area (Å²) in [6.07, 6.45) is 0. The van der Waals surface area contributed by atoms with Gasteiger partial charge in [0.1, 0.15) is 10.7 Å². The molecule has 0 unspecified atom stereocenters. The predicted molar refractivity (Wildman–Crippen MR) is 129 cm³/mol. The summed E-state index contributed by atoms with van der Waals surface area (Å²) in [5, 5.41) is 5.80. The topological polar surface area (TPSA) is 78.5 Å². The quantitative estimate of drug-likeness (QED) is 0.409. The van der Waals surface area contributed by atoms with Crippen molar-refractivity contribution in [3.63, 3.8) is 0 Å². The second-order valence-corrected chi connectivity index (χ2v) is 8.51. The van der Waals surface area contributed by atoms with Crippen LogP contribution in [-0.2, 0) is 9.59 Å². The van der Waals surface area contributed by atoms with Crippen LogP contribution in [-0.4, -0.2) is 17.7 Å². The zero-order valence-corrected chi connectivity index (χ0v) is 19.3. The number of imide groups is 1. The maximum absolute atomic E-state index is 12.9. The Bertz CT molecular complexity index is 1280. The number of carbonyl (C=O) groups excluding carboxylic acids is 3. The molecule has 0 atom stereocenters. The molecule has 0 fully saturated rings.